The highest BCUT2D eigenvalue weighted by atomic mass is 16.5. The van der Waals surface area contributed by atoms with Gasteiger partial charge in [-0.15, -0.1) is 0 Å². The summed E-state index contributed by atoms with van der Waals surface area (Å²) in [6, 6.07) is 17.3. The van der Waals surface area contributed by atoms with E-state index in [4.69, 9.17) is 10.5 Å². The van der Waals surface area contributed by atoms with E-state index < -0.39 is 11.5 Å². The van der Waals surface area contributed by atoms with Crippen molar-refractivity contribution in [1.82, 2.24) is 5.32 Å². The molecular weight excluding hydrogens is 368 g/mol. The van der Waals surface area contributed by atoms with Gasteiger partial charge in [0, 0.05) is 25.0 Å². The van der Waals surface area contributed by atoms with Crippen LogP contribution in [-0.4, -0.2) is 44.2 Å². The Balaban J connectivity index is 1.78. The number of nitrogens with zero attached hydrogens (tertiary/aromatic N) is 1. The maximum Gasteiger partial charge on any atom is 0.256 e. The average molecular weight is 396 g/mol. The number of carbonyl (C=O) groups excluding carboxylic acids is 2. The molecule has 0 aromatic heterocycles. The number of hydrogen-bond donors (Lipinski definition) is 3. The molecule has 0 radical (unpaired) electrons. The lowest BCUT2D eigenvalue weighted by atomic mass is 9.91. The van der Waals surface area contributed by atoms with Gasteiger partial charge in [0.25, 0.3) is 5.91 Å². The zero-order valence-electron chi connectivity index (χ0n) is 16.7. The van der Waals surface area contributed by atoms with E-state index in [2.05, 4.69) is 10.6 Å². The van der Waals surface area contributed by atoms with Gasteiger partial charge in [0.1, 0.15) is 5.60 Å². The molecule has 2 aromatic carbocycles. The van der Waals surface area contributed by atoms with Crippen LogP contribution in [0.4, 0.5) is 11.4 Å². The lowest BCUT2D eigenvalue weighted by molar-refractivity contribution is -0.140. The van der Waals surface area contributed by atoms with Crippen molar-refractivity contribution >= 4 is 23.2 Å². The lowest BCUT2D eigenvalue weighted by Crippen LogP contribution is -2.51. The smallest absolute Gasteiger partial charge is 0.256 e. The summed E-state index contributed by atoms with van der Waals surface area (Å²) in [7, 11) is 1.58. The predicted molar refractivity (Wildman–Crippen MR) is 114 cm³/mol. The molecule has 4 N–H and O–H groups in total. The van der Waals surface area contributed by atoms with Gasteiger partial charge >= 0.3 is 0 Å². The Hall–Kier alpha value is -2.90. The molecule has 1 heterocycles. The topological polar surface area (TPSA) is 96.7 Å². The Morgan fingerprint density at radius 1 is 1.14 bits per heavy atom. The fourth-order valence-electron chi connectivity index (χ4n) is 3.61. The van der Waals surface area contributed by atoms with Crippen LogP contribution in [0.3, 0.4) is 0 Å². The molecule has 0 spiro atoms. The highest BCUT2D eigenvalue weighted by Gasteiger charge is 2.39. The second-order valence-corrected chi connectivity index (χ2v) is 7.26. The van der Waals surface area contributed by atoms with E-state index in [0.717, 1.165) is 24.3 Å². The highest BCUT2D eigenvalue weighted by molar-refractivity contribution is 5.98. The van der Waals surface area contributed by atoms with Crippen LogP contribution < -0.4 is 21.3 Å². The van der Waals surface area contributed by atoms with Gasteiger partial charge in [-0.05, 0) is 49.7 Å². The van der Waals surface area contributed by atoms with Crippen molar-refractivity contribution in [1.29, 1.82) is 0 Å². The van der Waals surface area contributed by atoms with E-state index in [1.54, 1.807) is 7.11 Å². The number of amides is 2. The maximum atomic E-state index is 12.9. The van der Waals surface area contributed by atoms with Gasteiger partial charge < -0.3 is 26.0 Å². The van der Waals surface area contributed by atoms with Crippen molar-refractivity contribution in [2.75, 3.05) is 37.0 Å². The number of rotatable bonds is 8. The van der Waals surface area contributed by atoms with Crippen LogP contribution in [0.25, 0.3) is 0 Å². The Bertz CT molecular complexity index is 835. The van der Waals surface area contributed by atoms with Gasteiger partial charge in [-0.3, -0.25) is 9.59 Å². The minimum Gasteiger partial charge on any atom is -0.368 e. The number of benzene rings is 2. The molecule has 1 saturated heterocycles. The van der Waals surface area contributed by atoms with Gasteiger partial charge in [-0.2, -0.15) is 0 Å². The third kappa shape index (κ3) is 5.34. The molecular formula is C22H28N4O3. The number of ether oxygens (including phenoxy) is 1. The predicted octanol–water partition coefficient (Wildman–Crippen LogP) is 1.89. The Kier molecular flexibility index (Phi) is 6.85. The summed E-state index contributed by atoms with van der Waals surface area (Å²) in [5, 5.41) is 6.23. The SMILES string of the molecule is COC1(C(=O)Nc2cccc(N(CC(N)=O)Cc3ccccc3)c2)CCNCC1. The van der Waals surface area contributed by atoms with E-state index >= 15 is 0 Å². The van der Waals surface area contributed by atoms with Crippen molar-refractivity contribution in [3.05, 3.63) is 60.2 Å². The second-order valence-electron chi connectivity index (χ2n) is 7.26. The third-order valence-electron chi connectivity index (χ3n) is 5.25. The molecule has 1 aliphatic heterocycles. The lowest BCUT2D eigenvalue weighted by Gasteiger charge is -2.34. The number of hydrogen-bond acceptors (Lipinski definition) is 5. The summed E-state index contributed by atoms with van der Waals surface area (Å²) in [6.45, 7) is 2.10. The molecule has 0 bridgehead atoms. The van der Waals surface area contributed by atoms with E-state index in [1.165, 1.54) is 0 Å². The average Bonchev–Trinajstić information content (AvgIpc) is 2.74. The zero-order chi connectivity index (χ0) is 20.7. The van der Waals surface area contributed by atoms with E-state index in [0.29, 0.717) is 25.1 Å². The number of carbonyl (C=O) groups is 2. The van der Waals surface area contributed by atoms with Crippen LogP contribution in [0, 0.1) is 0 Å². The molecule has 154 valence electrons. The van der Waals surface area contributed by atoms with Gasteiger partial charge in [-0.1, -0.05) is 36.4 Å². The Morgan fingerprint density at radius 3 is 2.52 bits per heavy atom. The summed E-state index contributed by atoms with van der Waals surface area (Å²) in [5.41, 5.74) is 7.17. The molecule has 1 fully saturated rings. The van der Waals surface area contributed by atoms with Crippen molar-refractivity contribution in [2.24, 2.45) is 5.73 Å². The first-order valence-corrected chi connectivity index (χ1v) is 9.77. The molecule has 0 saturated carbocycles. The van der Waals surface area contributed by atoms with Crippen LogP contribution in [0.15, 0.2) is 54.6 Å². The van der Waals surface area contributed by atoms with Gasteiger partial charge in [0.05, 0.1) is 6.54 Å². The summed E-state index contributed by atoms with van der Waals surface area (Å²) in [6.07, 6.45) is 1.24. The van der Waals surface area contributed by atoms with Crippen LogP contribution in [-0.2, 0) is 20.9 Å². The molecule has 0 atom stereocenters. The number of nitrogens with one attached hydrogen (secondary N) is 2. The number of anilines is 2. The molecule has 1 aliphatic rings. The highest BCUT2D eigenvalue weighted by Crippen LogP contribution is 2.26. The normalized spacial score (nSPS) is 15.5. The molecule has 29 heavy (non-hydrogen) atoms. The van der Waals surface area contributed by atoms with Crippen molar-refractivity contribution < 1.29 is 14.3 Å². The van der Waals surface area contributed by atoms with E-state index in [1.807, 2.05) is 59.5 Å². The molecule has 3 rings (SSSR count). The van der Waals surface area contributed by atoms with Crippen LogP contribution in [0.1, 0.15) is 18.4 Å². The fourth-order valence-corrected chi connectivity index (χ4v) is 3.61. The van der Waals surface area contributed by atoms with Crippen LogP contribution in [0.5, 0.6) is 0 Å². The zero-order valence-corrected chi connectivity index (χ0v) is 16.7. The van der Waals surface area contributed by atoms with Gasteiger partial charge in [-0.25, -0.2) is 0 Å². The van der Waals surface area contributed by atoms with Gasteiger partial charge in [0.15, 0.2) is 0 Å². The summed E-state index contributed by atoms with van der Waals surface area (Å²) in [4.78, 5) is 26.4. The Morgan fingerprint density at radius 2 is 1.86 bits per heavy atom. The summed E-state index contributed by atoms with van der Waals surface area (Å²) < 4.78 is 5.60. The molecule has 0 unspecified atom stereocenters. The first-order valence-electron chi connectivity index (χ1n) is 9.77. The van der Waals surface area contributed by atoms with E-state index in [-0.39, 0.29) is 12.5 Å². The molecule has 7 heteroatoms. The second kappa shape index (κ2) is 9.54. The fraction of sp³-hybridized carbons (Fsp3) is 0.364. The van der Waals surface area contributed by atoms with Crippen LogP contribution in [0.2, 0.25) is 0 Å². The molecule has 2 aromatic rings. The Labute approximate surface area is 171 Å². The molecule has 2 amide bonds. The standard InChI is InChI=1S/C22H28N4O3/c1-29-22(10-12-24-13-11-22)21(28)25-18-8-5-9-19(14-18)26(16-20(23)27)15-17-6-3-2-4-7-17/h2-9,14,24H,10-13,15-16H2,1H3,(H2,23,27)(H,25,28). The summed E-state index contributed by atoms with van der Waals surface area (Å²) in [5.74, 6) is -0.563. The maximum absolute atomic E-state index is 12.9. The molecule has 0 aliphatic carbocycles. The van der Waals surface area contributed by atoms with Crippen molar-refractivity contribution in [3.8, 4) is 0 Å². The van der Waals surface area contributed by atoms with Crippen molar-refractivity contribution in [3.63, 3.8) is 0 Å². The quantitative estimate of drug-likeness (QED) is 0.633. The number of methoxy groups -OCH3 is 1. The van der Waals surface area contributed by atoms with Gasteiger partial charge in [0.2, 0.25) is 5.91 Å². The number of primary amides is 1. The first-order chi connectivity index (χ1) is 14.0. The number of piperidine rings is 1. The first kappa shape index (κ1) is 20.8. The van der Waals surface area contributed by atoms with Crippen molar-refractivity contribution in [2.45, 2.75) is 25.0 Å². The minimum atomic E-state index is -0.821. The summed E-state index contributed by atoms with van der Waals surface area (Å²) >= 11 is 0. The van der Waals surface area contributed by atoms with Crippen LogP contribution >= 0.6 is 0 Å². The van der Waals surface area contributed by atoms with E-state index in [9.17, 15) is 9.59 Å². The number of nitrogens with two attached hydrogens (primary N) is 1. The minimum absolute atomic E-state index is 0.0833. The largest absolute Gasteiger partial charge is 0.368 e. The third-order valence-corrected chi connectivity index (χ3v) is 5.25. The molecule has 7 nitrogen and oxygen atoms in total. The monoisotopic (exact) mass is 396 g/mol.